The van der Waals surface area contributed by atoms with E-state index in [0.29, 0.717) is 0 Å². The van der Waals surface area contributed by atoms with E-state index in [2.05, 4.69) is 10.2 Å². The second-order valence-corrected chi connectivity index (χ2v) is 4.92. The molecule has 5 heteroatoms. The number of hydrazone groups is 1. The van der Waals surface area contributed by atoms with Crippen molar-refractivity contribution in [3.05, 3.63) is 59.6 Å². The molecule has 0 fully saturated rings. The van der Waals surface area contributed by atoms with Crippen LogP contribution in [0.5, 0.6) is 0 Å². The van der Waals surface area contributed by atoms with Crippen LogP contribution in [0, 0.1) is 0 Å². The first-order chi connectivity index (χ1) is 9.38. The van der Waals surface area contributed by atoms with Crippen LogP contribution in [0.25, 0.3) is 16.3 Å². The topological polar surface area (TPSA) is 56.2 Å². The lowest BCUT2D eigenvalue weighted by molar-refractivity contribution is 0.885. The Labute approximate surface area is 114 Å². The van der Waals surface area contributed by atoms with Crippen LogP contribution in [0.2, 0.25) is 0 Å². The lowest BCUT2D eigenvalue weighted by Crippen LogP contribution is -1.93. The molecule has 94 valence electrons. The summed E-state index contributed by atoms with van der Waals surface area (Å²) in [6.45, 7) is 0. The first-order valence-electron chi connectivity index (χ1n) is 5.81. The van der Waals surface area contributed by atoms with Gasteiger partial charge in [0.05, 0.1) is 16.8 Å². The van der Waals surface area contributed by atoms with E-state index in [-0.39, 0.29) is 0 Å². The largest absolute Gasteiger partial charge is 0.323 e. The SMILES string of the molecule is N/N=C\c1cn(-c2ccccc2)nc1-c1cccs1. The Bertz CT molecular complexity index is 684. The average molecular weight is 268 g/mol. The highest BCUT2D eigenvalue weighted by molar-refractivity contribution is 7.13. The molecule has 0 aliphatic carbocycles. The summed E-state index contributed by atoms with van der Waals surface area (Å²) in [5.74, 6) is 5.27. The Kier molecular flexibility index (Phi) is 3.12. The summed E-state index contributed by atoms with van der Waals surface area (Å²) in [7, 11) is 0. The normalized spacial score (nSPS) is 11.2. The van der Waals surface area contributed by atoms with Crippen molar-refractivity contribution < 1.29 is 0 Å². The van der Waals surface area contributed by atoms with Gasteiger partial charge < -0.3 is 5.84 Å². The maximum Gasteiger partial charge on any atom is 0.112 e. The molecule has 0 aliphatic heterocycles. The fraction of sp³-hybridized carbons (Fsp3) is 0. The molecule has 2 heterocycles. The fourth-order valence-corrected chi connectivity index (χ4v) is 2.61. The fourth-order valence-electron chi connectivity index (χ4n) is 1.88. The first kappa shape index (κ1) is 11.7. The molecule has 2 N–H and O–H groups in total. The summed E-state index contributed by atoms with van der Waals surface area (Å²) in [5, 5.41) is 10.3. The second-order valence-electron chi connectivity index (χ2n) is 3.97. The van der Waals surface area contributed by atoms with Gasteiger partial charge in [-0.1, -0.05) is 24.3 Å². The predicted molar refractivity (Wildman–Crippen MR) is 78.7 cm³/mol. The van der Waals surface area contributed by atoms with E-state index in [1.165, 1.54) is 0 Å². The van der Waals surface area contributed by atoms with Crippen molar-refractivity contribution in [3.8, 4) is 16.3 Å². The molecule has 0 amide bonds. The first-order valence-corrected chi connectivity index (χ1v) is 6.68. The number of rotatable bonds is 3. The highest BCUT2D eigenvalue weighted by Crippen LogP contribution is 2.26. The molecule has 3 rings (SSSR count). The monoisotopic (exact) mass is 268 g/mol. The number of nitrogens with zero attached hydrogens (tertiary/aromatic N) is 3. The van der Waals surface area contributed by atoms with Gasteiger partial charge in [-0.25, -0.2) is 4.68 Å². The van der Waals surface area contributed by atoms with Crippen molar-refractivity contribution in [2.24, 2.45) is 10.9 Å². The van der Waals surface area contributed by atoms with E-state index >= 15 is 0 Å². The predicted octanol–water partition coefficient (Wildman–Crippen LogP) is 2.89. The molecule has 0 atom stereocenters. The summed E-state index contributed by atoms with van der Waals surface area (Å²) in [4.78, 5) is 1.10. The van der Waals surface area contributed by atoms with Gasteiger partial charge in [-0.05, 0) is 23.6 Å². The van der Waals surface area contributed by atoms with Gasteiger partial charge in [-0.3, -0.25) is 0 Å². The minimum atomic E-state index is 0.896. The van der Waals surface area contributed by atoms with Crippen LogP contribution in [0.15, 0.2) is 59.1 Å². The molecule has 19 heavy (non-hydrogen) atoms. The Hall–Kier alpha value is -2.40. The third kappa shape index (κ3) is 2.28. The summed E-state index contributed by atoms with van der Waals surface area (Å²) in [6.07, 6.45) is 3.56. The summed E-state index contributed by atoms with van der Waals surface area (Å²) >= 11 is 1.65. The molecular formula is C14H12N4S. The Morgan fingerprint density at radius 3 is 2.68 bits per heavy atom. The minimum absolute atomic E-state index is 0.896. The van der Waals surface area contributed by atoms with Crippen molar-refractivity contribution in [1.82, 2.24) is 9.78 Å². The van der Waals surface area contributed by atoms with E-state index in [0.717, 1.165) is 21.8 Å². The Balaban J connectivity index is 2.12. The Morgan fingerprint density at radius 2 is 2.00 bits per heavy atom. The molecule has 4 nitrogen and oxygen atoms in total. The smallest absolute Gasteiger partial charge is 0.112 e. The summed E-state index contributed by atoms with van der Waals surface area (Å²) in [5.41, 5.74) is 2.82. The standard InChI is InChI=1S/C14H12N4S/c15-16-9-11-10-18(12-5-2-1-3-6-12)17-14(11)13-7-4-8-19-13/h1-10H,15H2/b16-9-. The zero-order chi connectivity index (χ0) is 13.1. The lowest BCUT2D eigenvalue weighted by atomic mass is 10.2. The molecule has 2 aromatic heterocycles. The molecular weight excluding hydrogens is 256 g/mol. The van der Waals surface area contributed by atoms with Crippen molar-refractivity contribution in [2.45, 2.75) is 0 Å². The van der Waals surface area contributed by atoms with E-state index in [9.17, 15) is 0 Å². The van der Waals surface area contributed by atoms with Gasteiger partial charge in [0, 0.05) is 11.8 Å². The van der Waals surface area contributed by atoms with Gasteiger partial charge >= 0.3 is 0 Å². The van der Waals surface area contributed by atoms with Crippen molar-refractivity contribution >= 4 is 17.6 Å². The van der Waals surface area contributed by atoms with Gasteiger partial charge in [0.2, 0.25) is 0 Å². The van der Waals surface area contributed by atoms with Crippen molar-refractivity contribution in [2.75, 3.05) is 0 Å². The van der Waals surface area contributed by atoms with Gasteiger partial charge in [-0.15, -0.1) is 11.3 Å². The number of benzene rings is 1. The van der Waals surface area contributed by atoms with Crippen LogP contribution >= 0.6 is 11.3 Å². The van der Waals surface area contributed by atoms with Crippen LogP contribution in [0.1, 0.15) is 5.56 Å². The second kappa shape index (κ2) is 5.07. The summed E-state index contributed by atoms with van der Waals surface area (Å²) in [6, 6.07) is 14.0. The molecule has 0 radical (unpaired) electrons. The zero-order valence-corrected chi connectivity index (χ0v) is 10.9. The zero-order valence-electron chi connectivity index (χ0n) is 10.1. The quantitative estimate of drug-likeness (QED) is 0.451. The maximum absolute atomic E-state index is 5.27. The number of nitrogens with two attached hydrogens (primary N) is 1. The number of thiophene rings is 1. The van der Waals surface area contributed by atoms with E-state index < -0.39 is 0 Å². The lowest BCUT2D eigenvalue weighted by Gasteiger charge is -1.98. The van der Waals surface area contributed by atoms with Gasteiger partial charge in [0.1, 0.15) is 5.69 Å². The van der Waals surface area contributed by atoms with Crippen LogP contribution < -0.4 is 5.84 Å². The third-order valence-corrected chi connectivity index (χ3v) is 3.61. The van der Waals surface area contributed by atoms with Crippen LogP contribution in [-0.4, -0.2) is 16.0 Å². The number of para-hydroxylation sites is 1. The molecule has 1 aromatic carbocycles. The number of aromatic nitrogens is 2. The van der Waals surface area contributed by atoms with E-state index in [1.807, 2.05) is 58.7 Å². The van der Waals surface area contributed by atoms with Gasteiger partial charge in [0.15, 0.2) is 0 Å². The molecule has 0 unspecified atom stereocenters. The highest BCUT2D eigenvalue weighted by Gasteiger charge is 2.11. The highest BCUT2D eigenvalue weighted by atomic mass is 32.1. The number of hydrogen-bond donors (Lipinski definition) is 1. The molecule has 0 saturated heterocycles. The van der Waals surface area contributed by atoms with Crippen LogP contribution in [0.4, 0.5) is 0 Å². The van der Waals surface area contributed by atoms with E-state index in [1.54, 1.807) is 17.6 Å². The van der Waals surface area contributed by atoms with Gasteiger partial charge in [-0.2, -0.15) is 10.2 Å². The molecule has 0 aliphatic rings. The Morgan fingerprint density at radius 1 is 1.16 bits per heavy atom. The molecule has 0 saturated carbocycles. The number of hydrogen-bond acceptors (Lipinski definition) is 4. The third-order valence-electron chi connectivity index (χ3n) is 2.73. The minimum Gasteiger partial charge on any atom is -0.323 e. The molecule has 3 aromatic rings. The molecule has 0 bridgehead atoms. The molecule has 0 spiro atoms. The average Bonchev–Trinajstić information content (AvgIpc) is 3.09. The van der Waals surface area contributed by atoms with Crippen LogP contribution in [-0.2, 0) is 0 Å². The van der Waals surface area contributed by atoms with E-state index in [4.69, 9.17) is 5.84 Å². The van der Waals surface area contributed by atoms with Crippen molar-refractivity contribution in [1.29, 1.82) is 0 Å². The summed E-state index contributed by atoms with van der Waals surface area (Å²) < 4.78 is 1.84. The van der Waals surface area contributed by atoms with Crippen molar-refractivity contribution in [3.63, 3.8) is 0 Å². The van der Waals surface area contributed by atoms with Gasteiger partial charge in [0.25, 0.3) is 0 Å². The van der Waals surface area contributed by atoms with Crippen LogP contribution in [0.3, 0.4) is 0 Å². The maximum atomic E-state index is 5.27.